The van der Waals surface area contributed by atoms with Gasteiger partial charge in [0.2, 0.25) is 0 Å². The van der Waals surface area contributed by atoms with Crippen LogP contribution in [0.15, 0.2) is 22.7 Å². The molecule has 1 amide bonds. The van der Waals surface area contributed by atoms with Crippen molar-refractivity contribution in [3.8, 4) is 11.5 Å². The summed E-state index contributed by atoms with van der Waals surface area (Å²) in [5, 5.41) is 3.95. The molecule has 1 fully saturated rings. The zero-order chi connectivity index (χ0) is 21.9. The van der Waals surface area contributed by atoms with Gasteiger partial charge in [0.05, 0.1) is 18.4 Å². The maximum Gasteiger partial charge on any atom is 0.253 e. The van der Waals surface area contributed by atoms with Gasteiger partial charge in [-0.1, -0.05) is 25.9 Å². The maximum atomic E-state index is 13.1. The van der Waals surface area contributed by atoms with Crippen molar-refractivity contribution in [3.63, 3.8) is 0 Å². The summed E-state index contributed by atoms with van der Waals surface area (Å²) >= 11 is 0. The number of aromatic nitrogens is 1. The maximum absolute atomic E-state index is 13.1. The Bertz CT molecular complexity index is 862. The van der Waals surface area contributed by atoms with Crippen molar-refractivity contribution in [1.82, 2.24) is 10.1 Å². The second kappa shape index (κ2) is 9.11. The summed E-state index contributed by atoms with van der Waals surface area (Å²) in [6.07, 6.45) is 3.26. The minimum atomic E-state index is 0.0557. The predicted molar refractivity (Wildman–Crippen MR) is 116 cm³/mol. The molecule has 0 spiro atoms. The number of rotatable bonds is 5. The highest BCUT2D eigenvalue weighted by molar-refractivity contribution is 5.95. The van der Waals surface area contributed by atoms with E-state index in [0.717, 1.165) is 42.9 Å². The van der Waals surface area contributed by atoms with E-state index >= 15 is 0 Å². The van der Waals surface area contributed by atoms with Crippen molar-refractivity contribution < 1.29 is 18.8 Å². The van der Waals surface area contributed by atoms with E-state index in [9.17, 15) is 4.79 Å². The topological polar surface area (TPSA) is 64.8 Å². The molecule has 0 radical (unpaired) electrons. The molecule has 1 aromatic heterocycles. The lowest BCUT2D eigenvalue weighted by molar-refractivity contribution is 0.0755. The summed E-state index contributed by atoms with van der Waals surface area (Å²) in [6.45, 7) is 12.6. The van der Waals surface area contributed by atoms with Crippen molar-refractivity contribution in [3.05, 3.63) is 40.8 Å². The van der Waals surface area contributed by atoms with Crippen molar-refractivity contribution in [2.75, 3.05) is 20.2 Å². The van der Waals surface area contributed by atoms with Gasteiger partial charge in [-0.25, -0.2) is 0 Å². The average Bonchev–Trinajstić information content (AvgIpc) is 2.89. The third-order valence-electron chi connectivity index (χ3n) is 6.20. The van der Waals surface area contributed by atoms with Crippen LogP contribution < -0.4 is 9.47 Å². The lowest BCUT2D eigenvalue weighted by atomic mass is 9.77. The molecule has 30 heavy (non-hydrogen) atoms. The molecule has 3 rings (SSSR count). The van der Waals surface area contributed by atoms with Gasteiger partial charge >= 0.3 is 0 Å². The zero-order valence-electron chi connectivity index (χ0n) is 19.1. The van der Waals surface area contributed by atoms with Gasteiger partial charge in [0.1, 0.15) is 12.4 Å². The van der Waals surface area contributed by atoms with Crippen LogP contribution in [0.2, 0.25) is 0 Å². The molecule has 1 aliphatic heterocycles. The van der Waals surface area contributed by atoms with Gasteiger partial charge in [-0.15, -0.1) is 0 Å². The molecule has 1 aromatic carbocycles. The highest BCUT2D eigenvalue weighted by atomic mass is 16.5. The SMILES string of the molecule is COc1cc(C(=O)N2CCCC(C(C)(C)C)CC2)ccc1OCc1c(C)noc1C. The molecule has 6 nitrogen and oxygen atoms in total. The molecule has 2 heterocycles. The first kappa shape index (κ1) is 22.2. The molecule has 0 aliphatic carbocycles. The fourth-order valence-electron chi connectivity index (χ4n) is 4.13. The molecule has 1 saturated heterocycles. The van der Waals surface area contributed by atoms with Crippen LogP contribution in [0.5, 0.6) is 11.5 Å². The monoisotopic (exact) mass is 414 g/mol. The molecule has 0 N–H and O–H groups in total. The third kappa shape index (κ3) is 4.97. The molecule has 2 aromatic rings. The Morgan fingerprint density at radius 1 is 1.20 bits per heavy atom. The number of methoxy groups -OCH3 is 1. The molecule has 1 unspecified atom stereocenters. The Hall–Kier alpha value is -2.50. The molecule has 1 atom stereocenters. The van der Waals surface area contributed by atoms with E-state index < -0.39 is 0 Å². The van der Waals surface area contributed by atoms with Crippen LogP contribution in [0.1, 0.15) is 67.4 Å². The summed E-state index contributed by atoms with van der Waals surface area (Å²) < 4.78 is 16.6. The second-order valence-electron chi connectivity index (χ2n) is 9.24. The Morgan fingerprint density at radius 2 is 1.97 bits per heavy atom. The van der Waals surface area contributed by atoms with E-state index in [2.05, 4.69) is 25.9 Å². The van der Waals surface area contributed by atoms with Gasteiger partial charge in [-0.3, -0.25) is 4.79 Å². The molecule has 6 heteroatoms. The summed E-state index contributed by atoms with van der Waals surface area (Å²) in [7, 11) is 1.59. The normalized spacial score (nSPS) is 17.5. The van der Waals surface area contributed by atoms with Crippen molar-refractivity contribution in [1.29, 1.82) is 0 Å². The van der Waals surface area contributed by atoms with Gasteiger partial charge in [0, 0.05) is 18.7 Å². The Balaban J connectivity index is 1.70. The summed E-state index contributed by atoms with van der Waals surface area (Å²) in [6, 6.07) is 5.40. The Labute approximate surface area is 179 Å². The summed E-state index contributed by atoms with van der Waals surface area (Å²) in [5.41, 5.74) is 2.65. The number of hydrogen-bond acceptors (Lipinski definition) is 5. The Kier molecular flexibility index (Phi) is 6.74. The van der Waals surface area contributed by atoms with Crippen LogP contribution >= 0.6 is 0 Å². The number of benzene rings is 1. The van der Waals surface area contributed by atoms with E-state index in [1.54, 1.807) is 19.2 Å². The molecular weight excluding hydrogens is 380 g/mol. The minimum Gasteiger partial charge on any atom is -0.493 e. The number of carbonyl (C=O) groups excluding carboxylic acids is 1. The van der Waals surface area contributed by atoms with Gasteiger partial charge in [-0.05, 0) is 62.6 Å². The van der Waals surface area contributed by atoms with E-state index in [-0.39, 0.29) is 11.3 Å². The number of ether oxygens (including phenoxy) is 2. The Morgan fingerprint density at radius 3 is 2.60 bits per heavy atom. The smallest absolute Gasteiger partial charge is 0.253 e. The van der Waals surface area contributed by atoms with Crippen molar-refractivity contribution in [2.24, 2.45) is 11.3 Å². The van der Waals surface area contributed by atoms with E-state index in [4.69, 9.17) is 14.0 Å². The fourth-order valence-corrected chi connectivity index (χ4v) is 4.13. The molecule has 164 valence electrons. The predicted octanol–water partition coefficient (Wildman–Crippen LogP) is 5.17. The van der Waals surface area contributed by atoms with E-state index in [0.29, 0.717) is 29.6 Å². The first-order valence-electron chi connectivity index (χ1n) is 10.7. The van der Waals surface area contributed by atoms with E-state index in [1.165, 1.54) is 6.42 Å². The lowest BCUT2D eigenvalue weighted by Gasteiger charge is -2.29. The van der Waals surface area contributed by atoms with Crippen LogP contribution in [0.4, 0.5) is 0 Å². The largest absolute Gasteiger partial charge is 0.493 e. The molecule has 0 bridgehead atoms. The van der Waals surface area contributed by atoms with Crippen LogP contribution in [-0.4, -0.2) is 36.2 Å². The fraction of sp³-hybridized carbons (Fsp3) is 0.583. The second-order valence-corrected chi connectivity index (χ2v) is 9.24. The number of likely N-dealkylation sites (tertiary alicyclic amines) is 1. The van der Waals surface area contributed by atoms with Gasteiger partial charge in [0.15, 0.2) is 11.5 Å². The lowest BCUT2D eigenvalue weighted by Crippen LogP contribution is -2.32. The first-order chi connectivity index (χ1) is 14.2. The molecular formula is C24H34N2O4. The first-order valence-corrected chi connectivity index (χ1v) is 10.7. The van der Waals surface area contributed by atoms with Crippen LogP contribution in [0, 0.1) is 25.2 Å². The quantitative estimate of drug-likeness (QED) is 0.675. The minimum absolute atomic E-state index is 0.0557. The zero-order valence-corrected chi connectivity index (χ0v) is 19.1. The summed E-state index contributed by atoms with van der Waals surface area (Å²) in [4.78, 5) is 15.1. The average molecular weight is 415 g/mol. The van der Waals surface area contributed by atoms with Crippen LogP contribution in [0.3, 0.4) is 0 Å². The number of hydrogen-bond donors (Lipinski definition) is 0. The summed E-state index contributed by atoms with van der Waals surface area (Å²) in [5.74, 6) is 2.59. The third-order valence-corrected chi connectivity index (χ3v) is 6.20. The standard InChI is InChI=1S/C24H34N2O4/c1-16-20(17(2)30-25-16)15-29-21-10-9-18(14-22(21)28-6)23(27)26-12-7-8-19(11-13-26)24(3,4)5/h9-10,14,19H,7-8,11-13,15H2,1-6H3. The van der Waals surface area contributed by atoms with E-state index in [1.807, 2.05) is 24.8 Å². The number of nitrogens with zero attached hydrogens (tertiary/aromatic N) is 2. The highest BCUT2D eigenvalue weighted by Crippen LogP contribution is 2.35. The number of aryl methyl sites for hydroxylation is 2. The van der Waals surface area contributed by atoms with Gasteiger partial charge in [-0.2, -0.15) is 0 Å². The van der Waals surface area contributed by atoms with Crippen molar-refractivity contribution in [2.45, 2.75) is 60.5 Å². The van der Waals surface area contributed by atoms with Gasteiger partial charge < -0.3 is 18.9 Å². The van der Waals surface area contributed by atoms with Crippen LogP contribution in [0.25, 0.3) is 0 Å². The number of carbonyl (C=O) groups is 1. The number of amides is 1. The molecule has 0 saturated carbocycles. The van der Waals surface area contributed by atoms with Gasteiger partial charge in [0.25, 0.3) is 5.91 Å². The van der Waals surface area contributed by atoms with Crippen LogP contribution in [-0.2, 0) is 6.61 Å². The van der Waals surface area contributed by atoms with Crippen molar-refractivity contribution >= 4 is 5.91 Å². The highest BCUT2D eigenvalue weighted by Gasteiger charge is 2.29. The molecule has 1 aliphatic rings.